The first-order valence-electron chi connectivity index (χ1n) is 9.95. The molecule has 0 radical (unpaired) electrons. The van der Waals surface area contributed by atoms with Gasteiger partial charge in [0.05, 0.1) is 12.3 Å². The first-order chi connectivity index (χ1) is 13.4. The highest BCUT2D eigenvalue weighted by molar-refractivity contribution is 7.08. The molecule has 1 atom stereocenters. The predicted octanol–water partition coefficient (Wildman–Crippen LogP) is 4.84. The van der Waals surface area contributed by atoms with Gasteiger partial charge in [0.1, 0.15) is 6.54 Å². The largest absolute Gasteiger partial charge is 0.349 e. The Balaban J connectivity index is 0.000000566. The fourth-order valence-corrected chi connectivity index (χ4v) is 3.45. The van der Waals surface area contributed by atoms with E-state index < -0.39 is 0 Å². The van der Waals surface area contributed by atoms with Gasteiger partial charge in [-0.05, 0) is 50.0 Å². The minimum absolute atomic E-state index is 0.0809. The molecule has 1 aliphatic rings. The molecular formula is C21H35N5OS. The van der Waals surface area contributed by atoms with Gasteiger partial charge in [0.15, 0.2) is 0 Å². The minimum atomic E-state index is 0.0809. The number of thiophene rings is 1. The van der Waals surface area contributed by atoms with Gasteiger partial charge in [0.25, 0.3) is 5.91 Å². The van der Waals surface area contributed by atoms with E-state index in [1.807, 2.05) is 36.7 Å². The maximum absolute atomic E-state index is 11.9. The van der Waals surface area contributed by atoms with Crippen molar-refractivity contribution in [1.82, 2.24) is 10.7 Å². The van der Waals surface area contributed by atoms with E-state index in [-0.39, 0.29) is 12.5 Å². The molecule has 7 heteroatoms. The van der Waals surface area contributed by atoms with Crippen LogP contribution >= 0.6 is 11.3 Å². The summed E-state index contributed by atoms with van der Waals surface area (Å²) in [6, 6.07) is 4.03. The zero-order chi connectivity index (χ0) is 21.4. The van der Waals surface area contributed by atoms with Gasteiger partial charge in [0.2, 0.25) is 0 Å². The third-order valence-electron chi connectivity index (χ3n) is 4.42. The summed E-state index contributed by atoms with van der Waals surface area (Å²) in [6.45, 7) is 10.3. The lowest BCUT2D eigenvalue weighted by molar-refractivity contribution is 0.0916. The molecule has 156 valence electrons. The van der Waals surface area contributed by atoms with Crippen molar-refractivity contribution >= 4 is 29.2 Å². The van der Waals surface area contributed by atoms with Crippen LogP contribution in [-0.4, -0.2) is 30.4 Å². The van der Waals surface area contributed by atoms with E-state index >= 15 is 0 Å². The molecule has 1 heterocycles. The maximum Gasteiger partial charge on any atom is 0.252 e. The number of amides is 1. The number of nitriles is 1. The highest BCUT2D eigenvalue weighted by Gasteiger charge is 2.24. The van der Waals surface area contributed by atoms with Crippen molar-refractivity contribution in [2.45, 2.75) is 66.3 Å². The fraction of sp³-hybridized carbons (Fsp3) is 0.619. The molecule has 0 saturated heterocycles. The van der Waals surface area contributed by atoms with Gasteiger partial charge in [0, 0.05) is 22.7 Å². The van der Waals surface area contributed by atoms with Crippen LogP contribution < -0.4 is 10.7 Å². The molecular weight excluding hydrogens is 370 g/mol. The van der Waals surface area contributed by atoms with Gasteiger partial charge in [-0.3, -0.25) is 10.2 Å². The van der Waals surface area contributed by atoms with E-state index in [4.69, 9.17) is 10.7 Å². The summed E-state index contributed by atoms with van der Waals surface area (Å²) in [5.41, 5.74) is 3.59. The van der Waals surface area contributed by atoms with Crippen LogP contribution in [0.1, 0.15) is 70.7 Å². The van der Waals surface area contributed by atoms with Crippen LogP contribution in [0.5, 0.6) is 0 Å². The van der Waals surface area contributed by atoms with Crippen LogP contribution in [0, 0.1) is 28.6 Å². The van der Waals surface area contributed by atoms with Crippen LogP contribution in [0.25, 0.3) is 0 Å². The van der Waals surface area contributed by atoms with Crippen LogP contribution in [0.2, 0.25) is 0 Å². The zero-order valence-electron chi connectivity index (χ0n) is 17.8. The third kappa shape index (κ3) is 11.5. The molecule has 1 aliphatic carbocycles. The zero-order valence-corrected chi connectivity index (χ0v) is 18.6. The van der Waals surface area contributed by atoms with E-state index in [1.54, 1.807) is 18.3 Å². The molecule has 1 unspecified atom stereocenters. The summed E-state index contributed by atoms with van der Waals surface area (Å²) < 4.78 is 0. The SMILES string of the molecule is CC.CC(=N)/C=N\NCC#N.CC1CCC(C(C)NC(=O)c2ccsc2)CC1. The van der Waals surface area contributed by atoms with Crippen LogP contribution in [0.4, 0.5) is 0 Å². The number of hydrazone groups is 1. The summed E-state index contributed by atoms with van der Waals surface area (Å²) in [5, 5.41) is 25.4. The van der Waals surface area contributed by atoms with E-state index in [0.717, 1.165) is 11.5 Å². The highest BCUT2D eigenvalue weighted by Crippen LogP contribution is 2.30. The Bertz CT molecular complexity index is 613. The molecule has 0 aromatic carbocycles. The monoisotopic (exact) mass is 405 g/mol. The lowest BCUT2D eigenvalue weighted by Gasteiger charge is -2.31. The quantitative estimate of drug-likeness (QED) is 0.273. The topological polar surface area (TPSA) is 101 Å². The van der Waals surface area contributed by atoms with Crippen LogP contribution in [-0.2, 0) is 0 Å². The molecule has 3 N–H and O–H groups in total. The standard InChI is InChI=1S/C14H21NOS.C5H8N4.C2H6/c1-10-3-5-12(6-4-10)11(2)15-14(16)13-7-8-17-9-13;1-5(7)4-9-8-3-2-6;1-2/h7-12H,3-6H2,1-2H3,(H,15,16);4,7-8H,3H2,1H3;1-2H3/b;7-5?,9-4-;. The van der Waals surface area contributed by atoms with E-state index in [1.165, 1.54) is 31.9 Å². The van der Waals surface area contributed by atoms with Gasteiger partial charge < -0.3 is 10.7 Å². The van der Waals surface area contributed by atoms with Crippen molar-refractivity contribution in [2.24, 2.45) is 16.9 Å². The molecule has 1 saturated carbocycles. The molecule has 0 bridgehead atoms. The van der Waals surface area contributed by atoms with E-state index in [0.29, 0.717) is 17.7 Å². The van der Waals surface area contributed by atoms with Crippen molar-refractivity contribution in [3.05, 3.63) is 22.4 Å². The summed E-state index contributed by atoms with van der Waals surface area (Å²) >= 11 is 1.57. The summed E-state index contributed by atoms with van der Waals surface area (Å²) in [5.74, 6) is 1.61. The van der Waals surface area contributed by atoms with Crippen LogP contribution in [0.15, 0.2) is 21.9 Å². The summed E-state index contributed by atoms with van der Waals surface area (Å²) in [7, 11) is 0. The number of nitrogens with one attached hydrogen (secondary N) is 3. The lowest BCUT2D eigenvalue weighted by Crippen LogP contribution is -2.39. The number of rotatable bonds is 6. The first kappa shape index (κ1) is 25.8. The number of carbonyl (C=O) groups excluding carboxylic acids is 1. The molecule has 1 fully saturated rings. The Hall–Kier alpha value is -2.20. The Labute approximate surface area is 173 Å². The predicted molar refractivity (Wildman–Crippen MR) is 119 cm³/mol. The third-order valence-corrected chi connectivity index (χ3v) is 5.10. The molecule has 6 nitrogen and oxygen atoms in total. The van der Waals surface area contributed by atoms with E-state index in [2.05, 4.69) is 29.7 Å². The van der Waals surface area contributed by atoms with Crippen molar-refractivity contribution in [1.29, 1.82) is 10.7 Å². The van der Waals surface area contributed by atoms with Crippen molar-refractivity contribution in [2.75, 3.05) is 6.54 Å². The molecule has 2 rings (SSSR count). The Morgan fingerprint density at radius 2 is 2.07 bits per heavy atom. The first-order valence-corrected chi connectivity index (χ1v) is 10.9. The number of hydrogen-bond acceptors (Lipinski definition) is 6. The second-order valence-electron chi connectivity index (χ2n) is 6.73. The minimum Gasteiger partial charge on any atom is -0.349 e. The highest BCUT2D eigenvalue weighted by atomic mass is 32.1. The fourth-order valence-electron chi connectivity index (χ4n) is 2.81. The molecule has 0 spiro atoms. The van der Waals surface area contributed by atoms with Crippen molar-refractivity contribution in [3.8, 4) is 6.07 Å². The molecule has 28 heavy (non-hydrogen) atoms. The summed E-state index contributed by atoms with van der Waals surface area (Å²) in [6.07, 6.45) is 6.47. The smallest absolute Gasteiger partial charge is 0.252 e. The average molecular weight is 406 g/mol. The molecule has 0 aliphatic heterocycles. The summed E-state index contributed by atoms with van der Waals surface area (Å²) in [4.78, 5) is 11.9. The molecule has 1 aromatic heterocycles. The van der Waals surface area contributed by atoms with Crippen molar-refractivity contribution in [3.63, 3.8) is 0 Å². The Kier molecular flexibility index (Phi) is 14.6. The average Bonchev–Trinajstić information content (AvgIpc) is 3.23. The molecule has 1 aromatic rings. The normalized spacial score (nSPS) is 19.1. The number of carbonyl (C=O) groups is 1. The molecule has 1 amide bonds. The number of hydrogen-bond donors (Lipinski definition) is 3. The van der Waals surface area contributed by atoms with Gasteiger partial charge in [-0.2, -0.15) is 21.7 Å². The maximum atomic E-state index is 11.9. The van der Waals surface area contributed by atoms with Gasteiger partial charge in [-0.1, -0.05) is 33.6 Å². The van der Waals surface area contributed by atoms with Gasteiger partial charge >= 0.3 is 0 Å². The van der Waals surface area contributed by atoms with E-state index in [9.17, 15) is 4.79 Å². The van der Waals surface area contributed by atoms with Gasteiger partial charge in [-0.15, -0.1) is 0 Å². The Morgan fingerprint density at radius 3 is 2.57 bits per heavy atom. The second-order valence-corrected chi connectivity index (χ2v) is 7.51. The Morgan fingerprint density at radius 1 is 1.43 bits per heavy atom. The second kappa shape index (κ2) is 15.8. The van der Waals surface area contributed by atoms with Crippen molar-refractivity contribution < 1.29 is 4.79 Å². The van der Waals surface area contributed by atoms with Crippen LogP contribution in [0.3, 0.4) is 0 Å². The lowest BCUT2D eigenvalue weighted by atomic mass is 9.79. The van der Waals surface area contributed by atoms with Gasteiger partial charge in [-0.25, -0.2) is 0 Å². The number of nitrogens with zero attached hydrogens (tertiary/aromatic N) is 2.